The van der Waals surface area contributed by atoms with E-state index in [1.807, 2.05) is 0 Å². The zero-order valence-corrected chi connectivity index (χ0v) is 9.72. The summed E-state index contributed by atoms with van der Waals surface area (Å²) in [7, 11) is 0. The van der Waals surface area contributed by atoms with E-state index in [0.29, 0.717) is 16.7 Å². The normalized spacial score (nSPS) is 10.8. The molecule has 3 nitrogen and oxygen atoms in total. The van der Waals surface area contributed by atoms with Gasteiger partial charge in [-0.1, -0.05) is 11.6 Å². The molecule has 2 N–H and O–H groups in total. The summed E-state index contributed by atoms with van der Waals surface area (Å²) >= 11 is 9.28. The number of hydrogen-bond donors (Lipinski definition) is 1. The van der Waals surface area contributed by atoms with Crippen LogP contribution in [0, 0.1) is 6.92 Å². The van der Waals surface area contributed by atoms with Crippen molar-refractivity contribution in [1.82, 2.24) is 9.97 Å². The monoisotopic (exact) mass is 271 g/mol. The fourth-order valence-electron chi connectivity index (χ4n) is 1.30. The molecule has 0 unspecified atom stereocenters. The largest absolute Gasteiger partial charge is 0.383 e. The van der Waals surface area contributed by atoms with Crippen molar-refractivity contribution in [3.63, 3.8) is 0 Å². The van der Waals surface area contributed by atoms with Gasteiger partial charge in [-0.2, -0.15) is 0 Å². The Morgan fingerprint density at radius 1 is 1.36 bits per heavy atom. The molecule has 0 aliphatic carbocycles. The van der Waals surface area contributed by atoms with Crippen LogP contribution in [0.15, 0.2) is 16.6 Å². The van der Waals surface area contributed by atoms with Crippen LogP contribution in [0.4, 0.5) is 5.82 Å². The predicted molar refractivity (Wildman–Crippen MR) is 61.4 cm³/mol. The first-order chi connectivity index (χ1) is 6.58. The van der Waals surface area contributed by atoms with Gasteiger partial charge in [0.25, 0.3) is 0 Å². The van der Waals surface area contributed by atoms with Gasteiger partial charge in [-0.25, -0.2) is 9.97 Å². The quantitative estimate of drug-likeness (QED) is 0.802. The second-order valence-electron chi connectivity index (χ2n) is 2.94. The highest BCUT2D eigenvalue weighted by molar-refractivity contribution is 9.10. The minimum absolute atomic E-state index is 0.454. The molecular formula is C9H7BrClN3. The Morgan fingerprint density at radius 3 is 2.79 bits per heavy atom. The smallest absolute Gasteiger partial charge is 0.135 e. The summed E-state index contributed by atoms with van der Waals surface area (Å²) in [5, 5.41) is 1.39. The highest BCUT2D eigenvalue weighted by atomic mass is 79.9. The summed E-state index contributed by atoms with van der Waals surface area (Å²) in [5.41, 5.74) is 6.56. The van der Waals surface area contributed by atoms with Gasteiger partial charge in [0.2, 0.25) is 0 Å². The maximum Gasteiger partial charge on any atom is 0.135 e. The van der Waals surface area contributed by atoms with Crippen LogP contribution in [-0.2, 0) is 0 Å². The number of rotatable bonds is 0. The molecule has 0 saturated heterocycles. The molecule has 2 rings (SSSR count). The molecule has 0 radical (unpaired) electrons. The Balaban J connectivity index is 2.94. The summed E-state index contributed by atoms with van der Waals surface area (Å²) in [4.78, 5) is 8.35. The van der Waals surface area contributed by atoms with Crippen molar-refractivity contribution in [1.29, 1.82) is 0 Å². The lowest BCUT2D eigenvalue weighted by Gasteiger charge is -2.04. The number of nitrogens with zero attached hydrogens (tertiary/aromatic N) is 2. The fourth-order valence-corrected chi connectivity index (χ4v) is 2.20. The molecule has 0 amide bonds. The average molecular weight is 273 g/mol. The van der Waals surface area contributed by atoms with Crippen LogP contribution in [0.2, 0.25) is 5.02 Å². The molecule has 0 aliphatic heterocycles. The van der Waals surface area contributed by atoms with Gasteiger partial charge in [-0.15, -0.1) is 0 Å². The van der Waals surface area contributed by atoms with E-state index in [2.05, 4.69) is 25.9 Å². The first kappa shape index (κ1) is 9.68. The van der Waals surface area contributed by atoms with Crippen molar-refractivity contribution in [3.8, 4) is 0 Å². The van der Waals surface area contributed by atoms with Gasteiger partial charge in [0.1, 0.15) is 11.6 Å². The lowest BCUT2D eigenvalue weighted by atomic mass is 10.2. The van der Waals surface area contributed by atoms with Gasteiger partial charge < -0.3 is 5.73 Å². The summed E-state index contributed by atoms with van der Waals surface area (Å²) in [6.07, 6.45) is 0. The Morgan fingerprint density at radius 2 is 2.07 bits per heavy atom. The van der Waals surface area contributed by atoms with E-state index in [-0.39, 0.29) is 0 Å². The minimum atomic E-state index is 0.454. The average Bonchev–Trinajstić information content (AvgIpc) is 2.07. The third-order valence-corrected chi connectivity index (χ3v) is 2.68. The van der Waals surface area contributed by atoms with Crippen LogP contribution in [0.25, 0.3) is 10.9 Å². The van der Waals surface area contributed by atoms with Crippen molar-refractivity contribution in [3.05, 3.63) is 27.5 Å². The Hall–Kier alpha value is -0.870. The number of benzene rings is 1. The SMILES string of the molecule is Cc1nc(N)c2cc(Cl)cc(Br)c2n1. The highest BCUT2D eigenvalue weighted by Crippen LogP contribution is 2.29. The Labute approximate surface area is 94.4 Å². The lowest BCUT2D eigenvalue weighted by molar-refractivity contribution is 1.10. The van der Waals surface area contributed by atoms with Crippen LogP contribution in [0.5, 0.6) is 0 Å². The molecular weight excluding hydrogens is 265 g/mol. The first-order valence-electron chi connectivity index (χ1n) is 3.97. The number of aromatic nitrogens is 2. The molecule has 0 bridgehead atoms. The zero-order valence-electron chi connectivity index (χ0n) is 7.38. The molecule has 0 atom stereocenters. The van der Waals surface area contributed by atoms with Crippen molar-refractivity contribution >= 4 is 44.3 Å². The topological polar surface area (TPSA) is 51.8 Å². The number of nitrogen functional groups attached to an aromatic ring is 1. The van der Waals surface area contributed by atoms with Gasteiger partial charge >= 0.3 is 0 Å². The molecule has 2 aromatic rings. The molecule has 1 heterocycles. The van der Waals surface area contributed by atoms with Crippen molar-refractivity contribution in [2.45, 2.75) is 6.92 Å². The Bertz CT molecular complexity index is 466. The van der Waals surface area contributed by atoms with E-state index in [1.54, 1.807) is 19.1 Å². The van der Waals surface area contributed by atoms with E-state index in [9.17, 15) is 0 Å². The standard InChI is InChI=1S/C9H7BrClN3/c1-4-13-8-6(9(12)14-4)2-5(11)3-7(8)10/h2-3H,1H3,(H2,12,13,14). The number of fused-ring (bicyclic) bond motifs is 1. The maximum atomic E-state index is 5.89. The molecule has 5 heteroatoms. The summed E-state index contributed by atoms with van der Waals surface area (Å²) in [6.45, 7) is 1.80. The number of nitrogens with two attached hydrogens (primary N) is 1. The second-order valence-corrected chi connectivity index (χ2v) is 4.23. The van der Waals surface area contributed by atoms with Gasteiger partial charge in [0.15, 0.2) is 0 Å². The van der Waals surface area contributed by atoms with Crippen LogP contribution in [0.3, 0.4) is 0 Å². The number of anilines is 1. The predicted octanol–water partition coefficient (Wildman–Crippen LogP) is 2.94. The molecule has 0 aliphatic rings. The molecule has 0 fully saturated rings. The Kier molecular flexibility index (Phi) is 2.33. The molecule has 0 saturated carbocycles. The van der Waals surface area contributed by atoms with E-state index < -0.39 is 0 Å². The summed E-state index contributed by atoms with van der Waals surface area (Å²) < 4.78 is 0.831. The summed E-state index contributed by atoms with van der Waals surface area (Å²) in [6, 6.07) is 3.55. The lowest BCUT2D eigenvalue weighted by Crippen LogP contribution is -1.97. The van der Waals surface area contributed by atoms with E-state index in [4.69, 9.17) is 17.3 Å². The summed E-state index contributed by atoms with van der Waals surface area (Å²) in [5.74, 6) is 1.11. The zero-order chi connectivity index (χ0) is 10.3. The van der Waals surface area contributed by atoms with Crippen LogP contribution >= 0.6 is 27.5 Å². The molecule has 72 valence electrons. The van der Waals surface area contributed by atoms with Crippen molar-refractivity contribution in [2.75, 3.05) is 5.73 Å². The van der Waals surface area contributed by atoms with Gasteiger partial charge in [-0.3, -0.25) is 0 Å². The molecule has 1 aromatic heterocycles. The molecule has 14 heavy (non-hydrogen) atoms. The third-order valence-electron chi connectivity index (χ3n) is 1.86. The maximum absolute atomic E-state index is 5.89. The number of halogens is 2. The van der Waals surface area contributed by atoms with E-state index in [0.717, 1.165) is 15.4 Å². The number of aryl methyl sites for hydroxylation is 1. The van der Waals surface area contributed by atoms with Crippen LogP contribution in [-0.4, -0.2) is 9.97 Å². The second kappa shape index (κ2) is 3.37. The first-order valence-corrected chi connectivity index (χ1v) is 5.14. The van der Waals surface area contributed by atoms with E-state index >= 15 is 0 Å². The highest BCUT2D eigenvalue weighted by Gasteiger charge is 2.07. The van der Waals surface area contributed by atoms with Crippen LogP contribution < -0.4 is 5.73 Å². The molecule has 1 aromatic carbocycles. The fraction of sp³-hybridized carbons (Fsp3) is 0.111. The molecule has 0 spiro atoms. The van der Waals surface area contributed by atoms with Crippen molar-refractivity contribution in [2.24, 2.45) is 0 Å². The van der Waals surface area contributed by atoms with Crippen LogP contribution in [0.1, 0.15) is 5.82 Å². The van der Waals surface area contributed by atoms with Crippen molar-refractivity contribution < 1.29 is 0 Å². The van der Waals surface area contributed by atoms with Gasteiger partial charge in [-0.05, 0) is 35.0 Å². The third kappa shape index (κ3) is 1.55. The minimum Gasteiger partial charge on any atom is -0.383 e. The number of hydrogen-bond acceptors (Lipinski definition) is 3. The van der Waals surface area contributed by atoms with Gasteiger partial charge in [0.05, 0.1) is 5.52 Å². The van der Waals surface area contributed by atoms with Gasteiger partial charge in [0, 0.05) is 14.9 Å². The van der Waals surface area contributed by atoms with E-state index in [1.165, 1.54) is 0 Å².